The summed E-state index contributed by atoms with van der Waals surface area (Å²) in [4.78, 5) is 11.9. The quantitative estimate of drug-likeness (QED) is 0.828. The summed E-state index contributed by atoms with van der Waals surface area (Å²) < 4.78 is 0.984. The van der Waals surface area contributed by atoms with Gasteiger partial charge < -0.3 is 10.6 Å². The summed E-state index contributed by atoms with van der Waals surface area (Å²) in [5.74, 6) is 0.431. The molecule has 110 valence electrons. The molecule has 2 aromatic carbocycles. The van der Waals surface area contributed by atoms with Crippen molar-refractivity contribution in [2.75, 3.05) is 17.2 Å². The van der Waals surface area contributed by atoms with Crippen LogP contribution < -0.4 is 10.6 Å². The first-order chi connectivity index (χ1) is 10.0. The third kappa shape index (κ3) is 4.90. The second-order valence-corrected chi connectivity index (χ2v) is 6.10. The minimum atomic E-state index is -0.0627. The molecule has 0 atom stereocenters. The number of benzene rings is 2. The Hall–Kier alpha value is -1.81. The van der Waals surface area contributed by atoms with Crippen LogP contribution in [0, 0.1) is 0 Å². The fraction of sp³-hybridized carbons (Fsp3) is 0.235. The Kier molecular flexibility index (Phi) is 5.39. The minimum absolute atomic E-state index is 0.0627. The van der Waals surface area contributed by atoms with E-state index in [9.17, 15) is 4.79 Å². The summed E-state index contributed by atoms with van der Waals surface area (Å²) in [6.07, 6.45) is 0. The predicted octanol–water partition coefficient (Wildman–Crippen LogP) is 4.62. The normalized spacial score (nSPS) is 10.5. The zero-order chi connectivity index (χ0) is 15.2. The highest BCUT2D eigenvalue weighted by molar-refractivity contribution is 9.10. The third-order valence-electron chi connectivity index (χ3n) is 3.14. The van der Waals surface area contributed by atoms with E-state index in [4.69, 9.17) is 0 Å². The molecule has 0 saturated heterocycles. The lowest BCUT2D eigenvalue weighted by Gasteiger charge is -2.10. The first-order valence-electron chi connectivity index (χ1n) is 6.94. The van der Waals surface area contributed by atoms with Crippen LogP contribution in [0.25, 0.3) is 0 Å². The molecule has 0 spiro atoms. The fourth-order valence-corrected chi connectivity index (χ4v) is 2.34. The van der Waals surface area contributed by atoms with E-state index >= 15 is 0 Å². The van der Waals surface area contributed by atoms with Gasteiger partial charge in [0.1, 0.15) is 0 Å². The van der Waals surface area contributed by atoms with Gasteiger partial charge in [-0.2, -0.15) is 0 Å². The number of nitrogens with one attached hydrogen (secondary N) is 2. The highest BCUT2D eigenvalue weighted by atomic mass is 79.9. The summed E-state index contributed by atoms with van der Waals surface area (Å²) in [5, 5.41) is 5.97. The van der Waals surface area contributed by atoms with Crippen molar-refractivity contribution >= 4 is 33.2 Å². The van der Waals surface area contributed by atoms with E-state index in [-0.39, 0.29) is 12.5 Å². The van der Waals surface area contributed by atoms with E-state index in [1.165, 1.54) is 5.56 Å². The Morgan fingerprint density at radius 3 is 2.43 bits per heavy atom. The molecule has 0 radical (unpaired) electrons. The Morgan fingerprint density at radius 2 is 1.81 bits per heavy atom. The topological polar surface area (TPSA) is 41.1 Å². The number of carbonyl (C=O) groups is 1. The zero-order valence-electron chi connectivity index (χ0n) is 12.2. The molecule has 1 amide bonds. The molecular formula is C17H19BrN2O. The molecule has 0 aromatic heterocycles. The standard InChI is InChI=1S/C17H19BrN2O/c1-12(2)13-6-8-15(9-7-13)20-17(21)11-19-16-5-3-4-14(18)10-16/h3-10,12,19H,11H2,1-2H3,(H,20,21). The number of hydrogen-bond acceptors (Lipinski definition) is 2. The highest BCUT2D eigenvalue weighted by Gasteiger charge is 2.04. The first kappa shape index (κ1) is 15.6. The second-order valence-electron chi connectivity index (χ2n) is 5.19. The van der Waals surface area contributed by atoms with Crippen LogP contribution in [0.5, 0.6) is 0 Å². The molecule has 0 aliphatic carbocycles. The van der Waals surface area contributed by atoms with Crippen molar-refractivity contribution in [3.05, 3.63) is 58.6 Å². The monoisotopic (exact) mass is 346 g/mol. The van der Waals surface area contributed by atoms with Gasteiger partial charge in [-0.3, -0.25) is 4.79 Å². The van der Waals surface area contributed by atoms with Gasteiger partial charge in [-0.25, -0.2) is 0 Å². The van der Waals surface area contributed by atoms with Crippen molar-refractivity contribution in [1.82, 2.24) is 0 Å². The summed E-state index contributed by atoms with van der Waals surface area (Å²) in [6, 6.07) is 15.7. The summed E-state index contributed by atoms with van der Waals surface area (Å²) >= 11 is 3.40. The number of rotatable bonds is 5. The van der Waals surface area contributed by atoms with E-state index in [1.807, 2.05) is 48.5 Å². The molecule has 21 heavy (non-hydrogen) atoms. The van der Waals surface area contributed by atoms with E-state index < -0.39 is 0 Å². The van der Waals surface area contributed by atoms with Gasteiger partial charge >= 0.3 is 0 Å². The average Bonchev–Trinajstić information content (AvgIpc) is 2.46. The van der Waals surface area contributed by atoms with Crippen molar-refractivity contribution in [2.45, 2.75) is 19.8 Å². The van der Waals surface area contributed by atoms with Gasteiger partial charge in [-0.15, -0.1) is 0 Å². The Balaban J connectivity index is 1.87. The zero-order valence-corrected chi connectivity index (χ0v) is 13.8. The summed E-state index contributed by atoms with van der Waals surface area (Å²) in [7, 11) is 0. The van der Waals surface area contributed by atoms with Crippen LogP contribution >= 0.6 is 15.9 Å². The maximum absolute atomic E-state index is 11.9. The van der Waals surface area contributed by atoms with Gasteiger partial charge in [0.15, 0.2) is 0 Å². The van der Waals surface area contributed by atoms with Gasteiger partial charge in [0.05, 0.1) is 6.54 Å². The third-order valence-corrected chi connectivity index (χ3v) is 3.63. The molecule has 0 saturated carbocycles. The average molecular weight is 347 g/mol. The van der Waals surface area contributed by atoms with Gasteiger partial charge in [0.2, 0.25) is 5.91 Å². The van der Waals surface area contributed by atoms with Gasteiger partial charge in [-0.05, 0) is 41.8 Å². The van der Waals surface area contributed by atoms with E-state index in [2.05, 4.69) is 40.4 Å². The van der Waals surface area contributed by atoms with Gasteiger partial charge in [-0.1, -0.05) is 48.0 Å². The van der Waals surface area contributed by atoms with Crippen LogP contribution in [0.1, 0.15) is 25.3 Å². The fourth-order valence-electron chi connectivity index (χ4n) is 1.94. The summed E-state index contributed by atoms with van der Waals surface area (Å²) in [5.41, 5.74) is 3.00. The Bertz CT molecular complexity index is 608. The summed E-state index contributed by atoms with van der Waals surface area (Å²) in [6.45, 7) is 4.54. The Morgan fingerprint density at radius 1 is 1.10 bits per heavy atom. The maximum atomic E-state index is 11.9. The molecule has 0 aliphatic heterocycles. The number of anilines is 2. The van der Waals surface area contributed by atoms with Gasteiger partial charge in [0, 0.05) is 15.8 Å². The van der Waals surface area contributed by atoms with Gasteiger partial charge in [0.25, 0.3) is 0 Å². The molecule has 0 bridgehead atoms. The SMILES string of the molecule is CC(C)c1ccc(NC(=O)CNc2cccc(Br)c2)cc1. The first-order valence-corrected chi connectivity index (χ1v) is 7.73. The number of hydrogen-bond donors (Lipinski definition) is 2. The predicted molar refractivity (Wildman–Crippen MR) is 91.8 cm³/mol. The lowest BCUT2D eigenvalue weighted by molar-refractivity contribution is -0.114. The molecule has 2 N–H and O–H groups in total. The molecule has 0 unspecified atom stereocenters. The lowest BCUT2D eigenvalue weighted by atomic mass is 10.0. The van der Waals surface area contributed by atoms with Crippen molar-refractivity contribution in [2.24, 2.45) is 0 Å². The van der Waals surface area contributed by atoms with E-state index in [0.717, 1.165) is 15.8 Å². The highest BCUT2D eigenvalue weighted by Crippen LogP contribution is 2.17. The minimum Gasteiger partial charge on any atom is -0.376 e. The second kappa shape index (κ2) is 7.27. The molecule has 2 rings (SSSR count). The molecular weight excluding hydrogens is 328 g/mol. The maximum Gasteiger partial charge on any atom is 0.243 e. The van der Waals surface area contributed by atoms with Crippen molar-refractivity contribution in [3.63, 3.8) is 0 Å². The van der Waals surface area contributed by atoms with Crippen molar-refractivity contribution in [3.8, 4) is 0 Å². The van der Waals surface area contributed by atoms with Crippen molar-refractivity contribution in [1.29, 1.82) is 0 Å². The lowest BCUT2D eigenvalue weighted by Crippen LogP contribution is -2.21. The van der Waals surface area contributed by atoms with Crippen LogP contribution in [-0.2, 0) is 4.79 Å². The van der Waals surface area contributed by atoms with Crippen molar-refractivity contribution < 1.29 is 4.79 Å². The number of carbonyl (C=O) groups excluding carboxylic acids is 1. The number of halogens is 1. The molecule has 2 aromatic rings. The largest absolute Gasteiger partial charge is 0.376 e. The molecule has 0 heterocycles. The molecule has 3 nitrogen and oxygen atoms in total. The molecule has 0 fully saturated rings. The molecule has 4 heteroatoms. The van der Waals surface area contributed by atoms with Crippen LogP contribution in [0.15, 0.2) is 53.0 Å². The van der Waals surface area contributed by atoms with Crippen LogP contribution in [0.4, 0.5) is 11.4 Å². The van der Waals surface area contributed by atoms with Crippen LogP contribution in [0.3, 0.4) is 0 Å². The number of amides is 1. The van der Waals surface area contributed by atoms with E-state index in [0.29, 0.717) is 5.92 Å². The van der Waals surface area contributed by atoms with E-state index in [1.54, 1.807) is 0 Å². The van der Waals surface area contributed by atoms with Crippen LogP contribution in [0.2, 0.25) is 0 Å². The molecule has 0 aliphatic rings. The van der Waals surface area contributed by atoms with Crippen LogP contribution in [-0.4, -0.2) is 12.5 Å². The smallest absolute Gasteiger partial charge is 0.243 e. The Labute approximate surface area is 133 Å².